The number of nitrogens with zero attached hydrogens (tertiary/aromatic N) is 2. The summed E-state index contributed by atoms with van der Waals surface area (Å²) in [6, 6.07) is 0.843. The molecule has 0 radical (unpaired) electrons. The molecular weight excluding hydrogens is 211 g/mol. The molecule has 0 amide bonds. The summed E-state index contributed by atoms with van der Waals surface area (Å²) in [4.78, 5) is 0. The first-order valence-electron chi connectivity index (χ1n) is 4.20. The Balaban J connectivity index is 3.18. The molecule has 1 aromatic heterocycles. The highest BCUT2D eigenvalue weighted by Crippen LogP contribution is 2.30. The van der Waals surface area contributed by atoms with Gasteiger partial charge in [-0.25, -0.2) is 0 Å². The molecule has 0 saturated heterocycles. The second kappa shape index (κ2) is 3.49. The number of aliphatic hydroxyl groups is 1. The number of aliphatic hydroxyl groups excluding tert-OH is 1. The zero-order valence-electron chi connectivity index (χ0n) is 8.34. The van der Waals surface area contributed by atoms with Crippen molar-refractivity contribution < 1.29 is 18.3 Å². The predicted molar refractivity (Wildman–Crippen MR) is 46.8 cm³/mol. The van der Waals surface area contributed by atoms with Crippen LogP contribution in [0.4, 0.5) is 13.2 Å². The average molecular weight is 223 g/mol. The van der Waals surface area contributed by atoms with Gasteiger partial charge in [0.05, 0.1) is 17.8 Å². The number of halogens is 3. The van der Waals surface area contributed by atoms with Crippen molar-refractivity contribution in [2.75, 3.05) is 6.61 Å². The second-order valence-corrected chi connectivity index (χ2v) is 3.61. The highest BCUT2D eigenvalue weighted by atomic mass is 19.4. The van der Waals surface area contributed by atoms with Crippen LogP contribution in [0.2, 0.25) is 0 Å². The molecule has 1 atom stereocenters. The first-order valence-corrected chi connectivity index (χ1v) is 4.20. The van der Waals surface area contributed by atoms with E-state index in [2.05, 4.69) is 5.10 Å². The number of rotatable bonds is 2. The Bertz CT molecular complexity index is 357. The van der Waals surface area contributed by atoms with E-state index in [1.165, 1.54) is 14.0 Å². The Labute approximate surface area is 84.5 Å². The van der Waals surface area contributed by atoms with E-state index in [0.29, 0.717) is 0 Å². The number of hydrogen-bond donors (Lipinski definition) is 2. The van der Waals surface area contributed by atoms with Gasteiger partial charge in [-0.3, -0.25) is 4.68 Å². The number of hydrogen-bond acceptors (Lipinski definition) is 3. The molecule has 0 bridgehead atoms. The number of aryl methyl sites for hydroxylation is 1. The van der Waals surface area contributed by atoms with Gasteiger partial charge in [-0.1, -0.05) is 0 Å². The van der Waals surface area contributed by atoms with Crippen LogP contribution in [-0.4, -0.2) is 21.5 Å². The van der Waals surface area contributed by atoms with E-state index >= 15 is 0 Å². The molecule has 1 heterocycles. The molecule has 0 aliphatic rings. The first-order chi connectivity index (χ1) is 6.68. The van der Waals surface area contributed by atoms with Crippen LogP contribution in [0.1, 0.15) is 18.3 Å². The second-order valence-electron chi connectivity index (χ2n) is 3.61. The molecule has 0 spiro atoms. The van der Waals surface area contributed by atoms with E-state index in [1.807, 2.05) is 0 Å². The summed E-state index contributed by atoms with van der Waals surface area (Å²) < 4.78 is 37.9. The van der Waals surface area contributed by atoms with Crippen LogP contribution in [0.3, 0.4) is 0 Å². The van der Waals surface area contributed by atoms with E-state index in [0.717, 1.165) is 10.7 Å². The summed E-state index contributed by atoms with van der Waals surface area (Å²) in [6.07, 6.45) is -4.50. The van der Waals surface area contributed by atoms with Gasteiger partial charge >= 0.3 is 6.18 Å². The van der Waals surface area contributed by atoms with Crippen molar-refractivity contribution in [2.45, 2.75) is 18.6 Å². The van der Waals surface area contributed by atoms with Crippen LogP contribution < -0.4 is 5.73 Å². The molecule has 0 aromatic carbocycles. The quantitative estimate of drug-likeness (QED) is 0.771. The van der Waals surface area contributed by atoms with E-state index < -0.39 is 24.0 Å². The molecule has 0 fully saturated rings. The first kappa shape index (κ1) is 12.0. The summed E-state index contributed by atoms with van der Waals surface area (Å²) in [5.41, 5.74) is 3.51. The maximum absolute atomic E-state index is 12.3. The highest BCUT2D eigenvalue weighted by molar-refractivity contribution is 5.20. The van der Waals surface area contributed by atoms with Crippen molar-refractivity contribution in [1.29, 1.82) is 0 Å². The normalized spacial score (nSPS) is 16.5. The van der Waals surface area contributed by atoms with E-state index in [9.17, 15) is 13.2 Å². The SMILES string of the molecule is Cn1nc(C(F)(F)F)cc1C(C)(N)CO. The fourth-order valence-electron chi connectivity index (χ4n) is 1.22. The topological polar surface area (TPSA) is 64.1 Å². The third-order valence-electron chi connectivity index (χ3n) is 2.08. The summed E-state index contributed by atoms with van der Waals surface area (Å²) in [7, 11) is 1.35. The third kappa shape index (κ3) is 2.29. The van der Waals surface area contributed by atoms with Crippen LogP contribution in [0, 0.1) is 0 Å². The summed E-state index contributed by atoms with van der Waals surface area (Å²) in [6.45, 7) is 0.980. The van der Waals surface area contributed by atoms with Gasteiger partial charge in [-0.15, -0.1) is 0 Å². The Hall–Kier alpha value is -1.08. The molecule has 0 saturated carbocycles. The van der Waals surface area contributed by atoms with Gasteiger partial charge in [-0.2, -0.15) is 18.3 Å². The van der Waals surface area contributed by atoms with Gasteiger partial charge in [0, 0.05) is 7.05 Å². The van der Waals surface area contributed by atoms with Crippen LogP contribution in [0.25, 0.3) is 0 Å². The van der Waals surface area contributed by atoms with Crippen molar-refractivity contribution in [3.63, 3.8) is 0 Å². The highest BCUT2D eigenvalue weighted by Gasteiger charge is 2.36. The van der Waals surface area contributed by atoms with Gasteiger partial charge in [0.1, 0.15) is 0 Å². The third-order valence-corrected chi connectivity index (χ3v) is 2.08. The Morgan fingerprint density at radius 3 is 2.40 bits per heavy atom. The molecule has 86 valence electrons. The molecule has 3 N–H and O–H groups in total. The monoisotopic (exact) mass is 223 g/mol. The Kier molecular flexibility index (Phi) is 2.79. The lowest BCUT2D eigenvalue weighted by molar-refractivity contribution is -0.141. The average Bonchev–Trinajstić information content (AvgIpc) is 2.47. The lowest BCUT2D eigenvalue weighted by Gasteiger charge is -2.21. The van der Waals surface area contributed by atoms with Gasteiger partial charge in [0.15, 0.2) is 5.69 Å². The zero-order valence-corrected chi connectivity index (χ0v) is 8.34. The summed E-state index contributed by atoms with van der Waals surface area (Å²) in [5, 5.41) is 12.2. The molecule has 4 nitrogen and oxygen atoms in total. The van der Waals surface area contributed by atoms with Crippen molar-refractivity contribution in [3.8, 4) is 0 Å². The Morgan fingerprint density at radius 1 is 1.53 bits per heavy atom. The Morgan fingerprint density at radius 2 is 2.07 bits per heavy atom. The van der Waals surface area contributed by atoms with Crippen LogP contribution in [0.15, 0.2) is 6.07 Å². The minimum atomic E-state index is -4.50. The number of aromatic nitrogens is 2. The van der Waals surface area contributed by atoms with E-state index in [-0.39, 0.29) is 5.69 Å². The van der Waals surface area contributed by atoms with Gasteiger partial charge in [0.25, 0.3) is 0 Å². The van der Waals surface area contributed by atoms with Crippen molar-refractivity contribution in [1.82, 2.24) is 9.78 Å². The smallest absolute Gasteiger partial charge is 0.394 e. The van der Waals surface area contributed by atoms with Gasteiger partial charge < -0.3 is 10.8 Å². The molecule has 0 aliphatic heterocycles. The largest absolute Gasteiger partial charge is 0.435 e. The molecule has 1 aromatic rings. The van der Waals surface area contributed by atoms with E-state index in [1.54, 1.807) is 0 Å². The molecule has 7 heteroatoms. The lowest BCUT2D eigenvalue weighted by atomic mass is 10.0. The van der Waals surface area contributed by atoms with Crippen LogP contribution >= 0.6 is 0 Å². The fraction of sp³-hybridized carbons (Fsp3) is 0.625. The molecule has 1 unspecified atom stereocenters. The molecule has 15 heavy (non-hydrogen) atoms. The fourth-order valence-corrected chi connectivity index (χ4v) is 1.22. The van der Waals surface area contributed by atoms with E-state index in [4.69, 9.17) is 10.8 Å². The summed E-state index contributed by atoms with van der Waals surface area (Å²) >= 11 is 0. The standard InChI is InChI=1S/C8H12F3N3O/c1-7(12,4-15)6-3-5(8(9,10)11)13-14(6)2/h3,15H,4,12H2,1-2H3. The van der Waals surface area contributed by atoms with Crippen molar-refractivity contribution >= 4 is 0 Å². The summed E-state index contributed by atoms with van der Waals surface area (Å²) in [5.74, 6) is 0. The zero-order chi connectivity index (χ0) is 11.9. The van der Waals surface area contributed by atoms with Crippen molar-refractivity contribution in [3.05, 3.63) is 17.5 Å². The number of nitrogens with two attached hydrogens (primary N) is 1. The van der Waals surface area contributed by atoms with Crippen molar-refractivity contribution in [2.24, 2.45) is 12.8 Å². The lowest BCUT2D eigenvalue weighted by Crippen LogP contribution is -2.38. The van der Waals surface area contributed by atoms with Gasteiger partial charge in [-0.05, 0) is 13.0 Å². The predicted octanol–water partition coefficient (Wildman–Crippen LogP) is 0.605. The van der Waals surface area contributed by atoms with Crippen LogP contribution in [-0.2, 0) is 18.8 Å². The van der Waals surface area contributed by atoms with Gasteiger partial charge in [0.2, 0.25) is 0 Å². The molecular formula is C8H12F3N3O. The number of alkyl halides is 3. The maximum Gasteiger partial charge on any atom is 0.435 e. The molecule has 1 rings (SSSR count). The molecule has 0 aliphatic carbocycles. The van der Waals surface area contributed by atoms with Crippen LogP contribution in [0.5, 0.6) is 0 Å². The minimum absolute atomic E-state index is 0.136. The minimum Gasteiger partial charge on any atom is -0.394 e. The maximum atomic E-state index is 12.3.